The highest BCUT2D eigenvalue weighted by molar-refractivity contribution is 5.85. The molecular formula is C10H16ClNO. The van der Waals surface area contributed by atoms with Crippen LogP contribution in [0.25, 0.3) is 0 Å². The summed E-state index contributed by atoms with van der Waals surface area (Å²) in [5, 5.41) is 9.94. The van der Waals surface area contributed by atoms with Gasteiger partial charge in [0.1, 0.15) is 5.60 Å². The van der Waals surface area contributed by atoms with Gasteiger partial charge in [0.05, 0.1) is 0 Å². The Morgan fingerprint density at radius 3 is 2.15 bits per heavy atom. The Hall–Kier alpha value is -0.570. The molecule has 1 aromatic rings. The maximum absolute atomic E-state index is 9.94. The van der Waals surface area contributed by atoms with E-state index in [1.807, 2.05) is 30.3 Å². The van der Waals surface area contributed by atoms with Crippen LogP contribution in [-0.4, -0.2) is 11.1 Å². The third kappa shape index (κ3) is 2.69. The van der Waals surface area contributed by atoms with Crippen LogP contribution in [0.2, 0.25) is 0 Å². The van der Waals surface area contributed by atoms with E-state index >= 15 is 0 Å². The molecule has 0 radical (unpaired) electrons. The zero-order valence-corrected chi connectivity index (χ0v) is 8.71. The van der Waals surface area contributed by atoms with Gasteiger partial charge in [-0.2, -0.15) is 0 Å². The highest BCUT2D eigenvalue weighted by atomic mass is 35.5. The van der Waals surface area contributed by atoms with Gasteiger partial charge in [0, 0.05) is 6.04 Å². The zero-order chi connectivity index (χ0) is 9.19. The predicted octanol–water partition coefficient (Wildman–Crippen LogP) is 1.66. The molecule has 13 heavy (non-hydrogen) atoms. The number of hydrogen-bond acceptors (Lipinski definition) is 2. The molecule has 1 rings (SSSR count). The topological polar surface area (TPSA) is 46.2 Å². The first-order chi connectivity index (χ1) is 5.55. The van der Waals surface area contributed by atoms with Crippen LogP contribution in [0.4, 0.5) is 0 Å². The third-order valence-corrected chi connectivity index (χ3v) is 2.24. The second kappa shape index (κ2) is 4.61. The second-order valence-corrected chi connectivity index (χ2v) is 3.30. The second-order valence-electron chi connectivity index (χ2n) is 3.30. The van der Waals surface area contributed by atoms with Gasteiger partial charge < -0.3 is 10.8 Å². The predicted molar refractivity (Wildman–Crippen MR) is 56.9 cm³/mol. The Kier molecular flexibility index (Phi) is 4.40. The van der Waals surface area contributed by atoms with Crippen LogP contribution in [0.5, 0.6) is 0 Å². The molecule has 1 aromatic carbocycles. The van der Waals surface area contributed by atoms with Crippen molar-refractivity contribution in [3.63, 3.8) is 0 Å². The van der Waals surface area contributed by atoms with Gasteiger partial charge in [-0.15, -0.1) is 12.4 Å². The molecule has 0 spiro atoms. The number of aliphatic hydroxyl groups is 1. The van der Waals surface area contributed by atoms with E-state index in [4.69, 9.17) is 5.73 Å². The minimum Gasteiger partial charge on any atom is -0.384 e. The first kappa shape index (κ1) is 12.4. The van der Waals surface area contributed by atoms with Crippen molar-refractivity contribution in [3.05, 3.63) is 35.9 Å². The van der Waals surface area contributed by atoms with Gasteiger partial charge in [-0.05, 0) is 19.4 Å². The van der Waals surface area contributed by atoms with Crippen molar-refractivity contribution in [2.24, 2.45) is 5.73 Å². The molecular weight excluding hydrogens is 186 g/mol. The fourth-order valence-corrected chi connectivity index (χ4v) is 1.04. The van der Waals surface area contributed by atoms with Crippen molar-refractivity contribution in [2.75, 3.05) is 0 Å². The third-order valence-electron chi connectivity index (χ3n) is 2.24. The lowest BCUT2D eigenvalue weighted by molar-refractivity contribution is 0.0349. The number of halogens is 1. The monoisotopic (exact) mass is 201 g/mol. The Bertz CT molecular complexity index is 246. The highest BCUT2D eigenvalue weighted by Crippen LogP contribution is 2.22. The zero-order valence-electron chi connectivity index (χ0n) is 7.90. The molecule has 0 aliphatic heterocycles. The van der Waals surface area contributed by atoms with Crippen molar-refractivity contribution in [3.8, 4) is 0 Å². The Morgan fingerprint density at radius 1 is 1.31 bits per heavy atom. The fraction of sp³-hybridized carbons (Fsp3) is 0.400. The Balaban J connectivity index is 0.00000144. The summed E-state index contributed by atoms with van der Waals surface area (Å²) in [6.07, 6.45) is 0. The molecule has 74 valence electrons. The van der Waals surface area contributed by atoms with Gasteiger partial charge >= 0.3 is 0 Å². The first-order valence-corrected chi connectivity index (χ1v) is 4.08. The van der Waals surface area contributed by atoms with Gasteiger partial charge in [0.25, 0.3) is 0 Å². The molecule has 0 fully saturated rings. The highest BCUT2D eigenvalue weighted by Gasteiger charge is 2.26. The van der Waals surface area contributed by atoms with E-state index in [1.165, 1.54) is 0 Å². The number of benzene rings is 1. The minimum atomic E-state index is -0.929. The van der Waals surface area contributed by atoms with Crippen molar-refractivity contribution in [1.29, 1.82) is 0 Å². The smallest absolute Gasteiger partial charge is 0.102 e. The standard InChI is InChI=1S/C10H15NO.ClH/c1-8(11)10(2,12)9-6-4-3-5-7-9;/h3-8,12H,11H2,1-2H3;1H. The maximum Gasteiger partial charge on any atom is 0.102 e. The molecule has 2 atom stereocenters. The van der Waals surface area contributed by atoms with E-state index in [0.717, 1.165) is 5.56 Å². The molecule has 0 aliphatic rings. The van der Waals surface area contributed by atoms with E-state index in [1.54, 1.807) is 13.8 Å². The van der Waals surface area contributed by atoms with E-state index < -0.39 is 5.60 Å². The van der Waals surface area contributed by atoms with Crippen LogP contribution in [0, 0.1) is 0 Å². The molecule has 0 bridgehead atoms. The lowest BCUT2D eigenvalue weighted by atomic mass is 9.90. The Morgan fingerprint density at radius 2 is 1.77 bits per heavy atom. The van der Waals surface area contributed by atoms with Crippen molar-refractivity contribution < 1.29 is 5.11 Å². The summed E-state index contributed by atoms with van der Waals surface area (Å²) < 4.78 is 0. The summed E-state index contributed by atoms with van der Waals surface area (Å²) >= 11 is 0. The molecule has 0 saturated carbocycles. The van der Waals surface area contributed by atoms with Crippen LogP contribution in [-0.2, 0) is 5.60 Å². The van der Waals surface area contributed by atoms with Gasteiger partial charge in [0.2, 0.25) is 0 Å². The first-order valence-electron chi connectivity index (χ1n) is 4.08. The molecule has 0 aliphatic carbocycles. The van der Waals surface area contributed by atoms with Gasteiger partial charge in [-0.1, -0.05) is 30.3 Å². The SMILES string of the molecule is CC(N)C(C)(O)c1ccccc1.Cl. The maximum atomic E-state index is 9.94. The lowest BCUT2D eigenvalue weighted by Gasteiger charge is -2.27. The molecule has 2 unspecified atom stereocenters. The van der Waals surface area contributed by atoms with Crippen LogP contribution < -0.4 is 5.73 Å². The summed E-state index contributed by atoms with van der Waals surface area (Å²) in [5.41, 5.74) is 5.58. The molecule has 3 heteroatoms. The number of nitrogens with two attached hydrogens (primary N) is 1. The lowest BCUT2D eigenvalue weighted by Crippen LogP contribution is -2.40. The van der Waals surface area contributed by atoms with Crippen LogP contribution in [0.15, 0.2) is 30.3 Å². The normalized spacial score (nSPS) is 16.9. The largest absolute Gasteiger partial charge is 0.384 e. The number of hydrogen-bond donors (Lipinski definition) is 2. The van der Waals surface area contributed by atoms with E-state index in [-0.39, 0.29) is 18.4 Å². The summed E-state index contributed by atoms with van der Waals surface area (Å²) in [5.74, 6) is 0. The average molecular weight is 202 g/mol. The van der Waals surface area contributed by atoms with Crippen LogP contribution >= 0.6 is 12.4 Å². The van der Waals surface area contributed by atoms with Crippen molar-refractivity contribution in [2.45, 2.75) is 25.5 Å². The molecule has 0 aromatic heterocycles. The molecule has 3 N–H and O–H groups in total. The summed E-state index contributed by atoms with van der Waals surface area (Å²) in [7, 11) is 0. The summed E-state index contributed by atoms with van der Waals surface area (Å²) in [6, 6.07) is 9.20. The fourth-order valence-electron chi connectivity index (χ4n) is 1.04. The molecule has 2 nitrogen and oxygen atoms in total. The summed E-state index contributed by atoms with van der Waals surface area (Å²) in [4.78, 5) is 0. The quantitative estimate of drug-likeness (QED) is 0.765. The van der Waals surface area contributed by atoms with Gasteiger partial charge in [-0.25, -0.2) is 0 Å². The molecule has 0 amide bonds. The average Bonchev–Trinajstić information content (AvgIpc) is 2.06. The van der Waals surface area contributed by atoms with Gasteiger partial charge in [-0.3, -0.25) is 0 Å². The van der Waals surface area contributed by atoms with Crippen LogP contribution in [0.3, 0.4) is 0 Å². The van der Waals surface area contributed by atoms with E-state index in [9.17, 15) is 5.11 Å². The molecule has 0 heterocycles. The van der Waals surface area contributed by atoms with Crippen molar-refractivity contribution in [1.82, 2.24) is 0 Å². The van der Waals surface area contributed by atoms with Crippen LogP contribution in [0.1, 0.15) is 19.4 Å². The van der Waals surface area contributed by atoms with Crippen molar-refractivity contribution >= 4 is 12.4 Å². The molecule has 0 saturated heterocycles. The van der Waals surface area contributed by atoms with E-state index in [0.29, 0.717) is 0 Å². The van der Waals surface area contributed by atoms with Gasteiger partial charge in [0.15, 0.2) is 0 Å². The Labute approximate surface area is 85.2 Å². The number of rotatable bonds is 2. The van der Waals surface area contributed by atoms with E-state index in [2.05, 4.69) is 0 Å². The minimum absolute atomic E-state index is 0. The summed E-state index contributed by atoms with van der Waals surface area (Å²) in [6.45, 7) is 3.53.